The fraction of sp³-hybridized carbons (Fsp3) is 0.591. The minimum absolute atomic E-state index is 0.0580. The second-order valence-electron chi connectivity index (χ2n) is 8.97. The molecule has 1 fully saturated rings. The van der Waals surface area contributed by atoms with Crippen LogP contribution in [0, 0.1) is 17.3 Å². The number of benzene rings is 1. The van der Waals surface area contributed by atoms with Gasteiger partial charge in [-0.2, -0.15) is 5.10 Å². The van der Waals surface area contributed by atoms with Crippen molar-refractivity contribution in [2.75, 3.05) is 7.05 Å². The Hall–Kier alpha value is -2.17. The van der Waals surface area contributed by atoms with E-state index in [2.05, 4.69) is 49.9 Å². The van der Waals surface area contributed by atoms with E-state index in [1.165, 1.54) is 6.33 Å². The fourth-order valence-electron chi connectivity index (χ4n) is 4.16. The number of carbonyl (C=O) groups is 1. The topological polar surface area (TPSA) is 51.0 Å². The predicted octanol–water partition coefficient (Wildman–Crippen LogP) is 4.64. The van der Waals surface area contributed by atoms with E-state index in [0.29, 0.717) is 5.41 Å². The molecule has 0 N–H and O–H groups in total. The zero-order chi connectivity index (χ0) is 19.6. The standard InChI is InChI=1S/C22H32N4O/c1-16(17-8-12-20(13-9-17)26-15-23-14-24-26)25(5)21(27)18-6-10-19(11-7-18)22(2,3)4/h8-9,12-16,18-19H,6-7,10-11H2,1-5H3/t16-,18?,19?/m0/s1. The van der Waals surface area contributed by atoms with Crippen molar-refractivity contribution in [1.82, 2.24) is 19.7 Å². The van der Waals surface area contributed by atoms with E-state index in [9.17, 15) is 4.79 Å². The summed E-state index contributed by atoms with van der Waals surface area (Å²) in [5.74, 6) is 1.19. The maximum atomic E-state index is 13.0. The lowest BCUT2D eigenvalue weighted by Gasteiger charge is -2.38. The lowest BCUT2D eigenvalue weighted by atomic mass is 9.69. The molecule has 3 rings (SSSR count). The van der Waals surface area contributed by atoms with Gasteiger partial charge in [-0.15, -0.1) is 0 Å². The molecule has 2 aromatic rings. The van der Waals surface area contributed by atoms with Crippen LogP contribution in [0.25, 0.3) is 5.69 Å². The first-order valence-corrected chi connectivity index (χ1v) is 9.99. The van der Waals surface area contributed by atoms with E-state index in [0.717, 1.165) is 42.9 Å². The van der Waals surface area contributed by atoms with Gasteiger partial charge < -0.3 is 4.90 Å². The molecule has 0 aliphatic heterocycles. The number of aromatic nitrogens is 3. The summed E-state index contributed by atoms with van der Waals surface area (Å²) in [5, 5.41) is 4.15. The molecule has 0 bridgehead atoms. The minimum atomic E-state index is 0.0580. The van der Waals surface area contributed by atoms with Crippen LogP contribution in [0.15, 0.2) is 36.9 Å². The number of nitrogens with zero attached hydrogens (tertiary/aromatic N) is 4. The Kier molecular flexibility index (Phi) is 5.68. The van der Waals surface area contributed by atoms with Gasteiger partial charge in [0.05, 0.1) is 11.7 Å². The number of hydrogen-bond acceptors (Lipinski definition) is 3. The fourth-order valence-corrected chi connectivity index (χ4v) is 4.16. The van der Waals surface area contributed by atoms with Crippen molar-refractivity contribution in [2.45, 2.75) is 59.4 Å². The van der Waals surface area contributed by atoms with E-state index < -0.39 is 0 Å². The summed E-state index contributed by atoms with van der Waals surface area (Å²) >= 11 is 0. The number of amides is 1. The van der Waals surface area contributed by atoms with Crippen molar-refractivity contribution in [3.8, 4) is 5.69 Å². The Morgan fingerprint density at radius 1 is 1.15 bits per heavy atom. The monoisotopic (exact) mass is 368 g/mol. The Labute approximate surface area is 162 Å². The van der Waals surface area contributed by atoms with E-state index in [1.54, 1.807) is 11.0 Å². The lowest BCUT2D eigenvalue weighted by Crippen LogP contribution is -2.38. The molecule has 27 heavy (non-hydrogen) atoms. The van der Waals surface area contributed by atoms with Crippen LogP contribution in [0.4, 0.5) is 0 Å². The second kappa shape index (κ2) is 7.83. The Morgan fingerprint density at radius 3 is 2.30 bits per heavy atom. The lowest BCUT2D eigenvalue weighted by molar-refractivity contribution is -0.137. The van der Waals surface area contributed by atoms with Crippen molar-refractivity contribution < 1.29 is 4.79 Å². The third kappa shape index (κ3) is 4.40. The maximum absolute atomic E-state index is 13.0. The molecule has 1 amide bonds. The Bertz CT molecular complexity index is 738. The summed E-state index contributed by atoms with van der Waals surface area (Å²) in [6.07, 6.45) is 7.56. The number of carbonyl (C=O) groups excluding carboxylic acids is 1. The van der Waals surface area contributed by atoms with Gasteiger partial charge in [0.2, 0.25) is 5.91 Å². The number of hydrogen-bond donors (Lipinski definition) is 0. The summed E-state index contributed by atoms with van der Waals surface area (Å²) in [7, 11) is 1.94. The van der Waals surface area contributed by atoms with E-state index in [-0.39, 0.29) is 17.9 Å². The van der Waals surface area contributed by atoms with Crippen LogP contribution in [0.2, 0.25) is 0 Å². The first-order valence-electron chi connectivity index (χ1n) is 9.99. The highest BCUT2D eigenvalue weighted by Crippen LogP contribution is 2.40. The third-order valence-corrected chi connectivity index (χ3v) is 6.29. The van der Waals surface area contributed by atoms with Crippen molar-refractivity contribution >= 4 is 5.91 Å². The first kappa shape index (κ1) is 19.6. The van der Waals surface area contributed by atoms with Gasteiger partial charge in [0, 0.05) is 13.0 Å². The highest BCUT2D eigenvalue weighted by atomic mass is 16.2. The molecule has 5 nitrogen and oxygen atoms in total. The number of rotatable bonds is 4. The molecule has 1 aliphatic carbocycles. The van der Waals surface area contributed by atoms with Gasteiger partial charge in [-0.3, -0.25) is 4.79 Å². The van der Waals surface area contributed by atoms with Crippen LogP contribution in [-0.4, -0.2) is 32.6 Å². The average Bonchev–Trinajstić information content (AvgIpc) is 3.20. The summed E-state index contributed by atoms with van der Waals surface area (Å²) < 4.78 is 1.73. The van der Waals surface area contributed by atoms with Crippen LogP contribution >= 0.6 is 0 Å². The van der Waals surface area contributed by atoms with Crippen LogP contribution in [0.3, 0.4) is 0 Å². The summed E-state index contributed by atoms with van der Waals surface area (Å²) in [4.78, 5) is 18.9. The molecule has 5 heteroatoms. The van der Waals surface area contributed by atoms with Gasteiger partial charge in [0.1, 0.15) is 12.7 Å². The smallest absolute Gasteiger partial charge is 0.225 e. The van der Waals surface area contributed by atoms with Crippen molar-refractivity contribution in [2.24, 2.45) is 17.3 Å². The summed E-state index contributed by atoms with van der Waals surface area (Å²) in [5.41, 5.74) is 2.45. The molecule has 0 unspecified atom stereocenters. The second-order valence-corrected chi connectivity index (χ2v) is 8.97. The van der Waals surface area contributed by atoms with Crippen LogP contribution in [-0.2, 0) is 4.79 Å². The maximum Gasteiger partial charge on any atom is 0.225 e. The van der Waals surface area contributed by atoms with Gasteiger partial charge in [0.15, 0.2) is 0 Å². The molecule has 0 spiro atoms. The molecule has 146 valence electrons. The van der Waals surface area contributed by atoms with Crippen LogP contribution < -0.4 is 0 Å². The third-order valence-electron chi connectivity index (χ3n) is 6.29. The van der Waals surface area contributed by atoms with Gasteiger partial charge >= 0.3 is 0 Å². The van der Waals surface area contributed by atoms with E-state index >= 15 is 0 Å². The Balaban J connectivity index is 1.61. The highest BCUT2D eigenvalue weighted by Gasteiger charge is 2.34. The summed E-state index contributed by atoms with van der Waals surface area (Å²) in [6, 6.07) is 8.24. The first-order chi connectivity index (χ1) is 12.8. The van der Waals surface area contributed by atoms with Crippen LogP contribution in [0.5, 0.6) is 0 Å². The van der Waals surface area contributed by atoms with Gasteiger partial charge in [-0.05, 0) is 61.6 Å². The molecule has 1 atom stereocenters. The van der Waals surface area contributed by atoms with Crippen LogP contribution in [0.1, 0.15) is 65.0 Å². The molecular formula is C22H32N4O. The molecule has 1 aromatic carbocycles. The zero-order valence-corrected chi connectivity index (χ0v) is 17.2. The molecule has 1 aromatic heterocycles. The molecule has 1 saturated carbocycles. The summed E-state index contributed by atoms with van der Waals surface area (Å²) in [6.45, 7) is 9.05. The van der Waals surface area contributed by atoms with Crippen molar-refractivity contribution in [3.05, 3.63) is 42.5 Å². The molecule has 0 saturated heterocycles. The van der Waals surface area contributed by atoms with Gasteiger partial charge in [0.25, 0.3) is 0 Å². The Morgan fingerprint density at radius 2 is 1.78 bits per heavy atom. The van der Waals surface area contributed by atoms with Crippen molar-refractivity contribution in [3.63, 3.8) is 0 Å². The molecular weight excluding hydrogens is 336 g/mol. The SMILES string of the molecule is C[C@@H](c1ccc(-n2cncn2)cc1)N(C)C(=O)C1CCC(C(C)(C)C)CC1. The van der Waals surface area contributed by atoms with Gasteiger partial charge in [-0.25, -0.2) is 9.67 Å². The normalized spacial score (nSPS) is 21.7. The zero-order valence-electron chi connectivity index (χ0n) is 17.2. The molecule has 1 heterocycles. The van der Waals surface area contributed by atoms with E-state index in [1.807, 2.05) is 24.1 Å². The highest BCUT2D eigenvalue weighted by molar-refractivity contribution is 5.79. The average molecular weight is 369 g/mol. The predicted molar refractivity (Wildman–Crippen MR) is 107 cm³/mol. The largest absolute Gasteiger partial charge is 0.339 e. The molecule has 0 radical (unpaired) electrons. The minimum Gasteiger partial charge on any atom is -0.339 e. The van der Waals surface area contributed by atoms with Gasteiger partial charge in [-0.1, -0.05) is 32.9 Å². The van der Waals surface area contributed by atoms with E-state index in [4.69, 9.17) is 0 Å². The quantitative estimate of drug-likeness (QED) is 0.790. The molecule has 1 aliphatic rings. The van der Waals surface area contributed by atoms with Crippen molar-refractivity contribution in [1.29, 1.82) is 0 Å².